The fourth-order valence-corrected chi connectivity index (χ4v) is 3.06. The van der Waals surface area contributed by atoms with Crippen LogP contribution in [-0.2, 0) is 4.79 Å². The second-order valence-electron chi connectivity index (χ2n) is 6.11. The number of carbonyl (C=O) groups excluding carboxylic acids is 1. The number of aliphatic carboxylic acids is 1. The molecule has 0 fully saturated rings. The largest absolute Gasteiger partial charge is 0.481 e. The highest BCUT2D eigenvalue weighted by molar-refractivity contribution is 5.95. The molecule has 1 amide bonds. The number of hydrogen-bond donors (Lipinski definition) is 3. The van der Waals surface area contributed by atoms with E-state index < -0.39 is 30.2 Å². The molecule has 0 saturated carbocycles. The molecule has 27 heavy (non-hydrogen) atoms. The van der Waals surface area contributed by atoms with E-state index in [1.54, 1.807) is 16.6 Å². The minimum Gasteiger partial charge on any atom is -0.481 e. The van der Waals surface area contributed by atoms with Crippen molar-refractivity contribution in [1.29, 1.82) is 0 Å². The van der Waals surface area contributed by atoms with Crippen LogP contribution < -0.4 is 5.32 Å². The SMILES string of the molecule is O=C(O)C[C@H](NC(=O)c1cc2nc3ccccc3n2[nH]1)c1ccccc1F. The van der Waals surface area contributed by atoms with Crippen LogP contribution in [-0.4, -0.2) is 31.6 Å². The molecule has 0 aliphatic carbocycles. The van der Waals surface area contributed by atoms with Gasteiger partial charge in [-0.15, -0.1) is 0 Å². The first-order chi connectivity index (χ1) is 13.0. The first-order valence-electron chi connectivity index (χ1n) is 8.26. The van der Waals surface area contributed by atoms with Gasteiger partial charge >= 0.3 is 5.97 Å². The zero-order valence-electron chi connectivity index (χ0n) is 14.0. The van der Waals surface area contributed by atoms with Gasteiger partial charge in [0.25, 0.3) is 5.91 Å². The van der Waals surface area contributed by atoms with Crippen molar-refractivity contribution in [3.63, 3.8) is 0 Å². The molecule has 1 atom stereocenters. The molecule has 136 valence electrons. The smallest absolute Gasteiger partial charge is 0.305 e. The van der Waals surface area contributed by atoms with E-state index in [-0.39, 0.29) is 11.3 Å². The molecule has 2 heterocycles. The molecule has 4 aromatic rings. The maximum Gasteiger partial charge on any atom is 0.305 e. The van der Waals surface area contributed by atoms with E-state index >= 15 is 0 Å². The van der Waals surface area contributed by atoms with E-state index in [1.807, 2.05) is 24.3 Å². The van der Waals surface area contributed by atoms with Crippen LogP contribution >= 0.6 is 0 Å². The maximum atomic E-state index is 14.1. The number of H-pyrrole nitrogens is 1. The van der Waals surface area contributed by atoms with Crippen molar-refractivity contribution < 1.29 is 19.1 Å². The zero-order valence-corrected chi connectivity index (χ0v) is 14.0. The summed E-state index contributed by atoms with van der Waals surface area (Å²) in [5.41, 5.74) is 2.47. The number of imidazole rings is 1. The van der Waals surface area contributed by atoms with Gasteiger partial charge in [0.05, 0.1) is 23.5 Å². The lowest BCUT2D eigenvalue weighted by Crippen LogP contribution is -2.31. The van der Waals surface area contributed by atoms with Crippen LogP contribution in [0.2, 0.25) is 0 Å². The summed E-state index contributed by atoms with van der Waals surface area (Å²) in [5, 5.41) is 14.7. The number of aromatic amines is 1. The van der Waals surface area contributed by atoms with E-state index in [0.29, 0.717) is 5.65 Å². The van der Waals surface area contributed by atoms with Gasteiger partial charge < -0.3 is 10.4 Å². The molecule has 3 N–H and O–H groups in total. The number of para-hydroxylation sites is 2. The van der Waals surface area contributed by atoms with Gasteiger partial charge in [-0.2, -0.15) is 0 Å². The molecule has 2 aromatic heterocycles. The number of fused-ring (bicyclic) bond motifs is 3. The lowest BCUT2D eigenvalue weighted by molar-refractivity contribution is -0.137. The number of halogens is 1. The summed E-state index contributed by atoms with van der Waals surface area (Å²) in [4.78, 5) is 28.2. The standard InChI is InChI=1S/C19H15FN4O3/c20-12-6-2-1-5-11(12)14(10-18(25)26)22-19(27)15-9-17-21-13-7-3-4-8-16(13)24(17)23-15/h1-9,14,23H,10H2,(H,22,27)(H,25,26)/t14-/m0/s1. The van der Waals surface area contributed by atoms with Crippen molar-refractivity contribution in [2.75, 3.05) is 0 Å². The molecule has 0 radical (unpaired) electrons. The molecule has 0 spiro atoms. The van der Waals surface area contributed by atoms with Gasteiger partial charge in [-0.3, -0.25) is 14.7 Å². The van der Waals surface area contributed by atoms with Crippen molar-refractivity contribution in [2.45, 2.75) is 12.5 Å². The number of aromatic nitrogens is 3. The second kappa shape index (κ2) is 6.56. The van der Waals surface area contributed by atoms with Gasteiger partial charge in [0, 0.05) is 11.6 Å². The summed E-state index contributed by atoms with van der Waals surface area (Å²) < 4.78 is 15.7. The maximum absolute atomic E-state index is 14.1. The lowest BCUT2D eigenvalue weighted by Gasteiger charge is -2.17. The third-order valence-corrected chi connectivity index (χ3v) is 4.30. The lowest BCUT2D eigenvalue weighted by atomic mass is 10.0. The fraction of sp³-hybridized carbons (Fsp3) is 0.105. The molecule has 0 bridgehead atoms. The van der Waals surface area contributed by atoms with Gasteiger partial charge in [-0.05, 0) is 18.2 Å². The number of benzene rings is 2. The average molecular weight is 366 g/mol. The van der Waals surface area contributed by atoms with E-state index in [0.717, 1.165) is 11.0 Å². The number of amides is 1. The minimum absolute atomic E-state index is 0.120. The highest BCUT2D eigenvalue weighted by Gasteiger charge is 2.23. The number of carboxylic acids is 1. The molecule has 0 aliphatic heterocycles. The van der Waals surface area contributed by atoms with Crippen molar-refractivity contribution in [2.24, 2.45) is 0 Å². The van der Waals surface area contributed by atoms with Crippen molar-refractivity contribution >= 4 is 28.6 Å². The third kappa shape index (κ3) is 3.12. The summed E-state index contributed by atoms with van der Waals surface area (Å²) >= 11 is 0. The fourth-order valence-electron chi connectivity index (χ4n) is 3.06. The van der Waals surface area contributed by atoms with E-state index in [2.05, 4.69) is 15.4 Å². The Bertz CT molecular complexity index is 1160. The third-order valence-electron chi connectivity index (χ3n) is 4.30. The summed E-state index contributed by atoms with van der Waals surface area (Å²) in [6.07, 6.45) is -0.437. The molecule has 2 aromatic carbocycles. The van der Waals surface area contributed by atoms with Gasteiger partial charge in [0.2, 0.25) is 0 Å². The number of rotatable bonds is 5. The Morgan fingerprint density at radius 2 is 1.93 bits per heavy atom. The van der Waals surface area contributed by atoms with E-state index in [1.165, 1.54) is 18.2 Å². The highest BCUT2D eigenvalue weighted by Crippen LogP contribution is 2.21. The second-order valence-corrected chi connectivity index (χ2v) is 6.11. The predicted octanol–water partition coefficient (Wildman–Crippen LogP) is 2.90. The minimum atomic E-state index is -1.14. The average Bonchev–Trinajstić information content (AvgIpc) is 3.19. The zero-order chi connectivity index (χ0) is 19.0. The Morgan fingerprint density at radius 1 is 1.19 bits per heavy atom. The van der Waals surface area contributed by atoms with Gasteiger partial charge in [-0.25, -0.2) is 13.9 Å². The normalized spacial score (nSPS) is 12.3. The predicted molar refractivity (Wildman–Crippen MR) is 95.9 cm³/mol. The van der Waals surface area contributed by atoms with Crippen molar-refractivity contribution in [3.8, 4) is 0 Å². The van der Waals surface area contributed by atoms with Crippen LogP contribution in [0.4, 0.5) is 4.39 Å². The van der Waals surface area contributed by atoms with Crippen LogP contribution in [0.1, 0.15) is 28.5 Å². The van der Waals surface area contributed by atoms with Gasteiger partial charge in [0.1, 0.15) is 11.5 Å². The van der Waals surface area contributed by atoms with E-state index in [9.17, 15) is 14.0 Å². The molecule has 0 unspecified atom stereocenters. The number of carbonyl (C=O) groups is 2. The molecule has 4 rings (SSSR count). The van der Waals surface area contributed by atoms with Crippen LogP contribution in [0.25, 0.3) is 16.7 Å². The molecular weight excluding hydrogens is 351 g/mol. The molecule has 8 heteroatoms. The number of carboxylic acid groups (broad SMARTS) is 1. The number of nitrogens with zero attached hydrogens (tertiary/aromatic N) is 2. The summed E-state index contributed by atoms with van der Waals surface area (Å²) in [6, 6.07) is 13.8. The summed E-state index contributed by atoms with van der Waals surface area (Å²) in [6.45, 7) is 0. The first kappa shape index (κ1) is 16.8. The Balaban J connectivity index is 1.65. The monoisotopic (exact) mass is 366 g/mol. The Morgan fingerprint density at radius 3 is 2.70 bits per heavy atom. The quantitative estimate of drug-likeness (QED) is 0.506. The van der Waals surface area contributed by atoms with Gasteiger partial charge in [-0.1, -0.05) is 30.3 Å². The van der Waals surface area contributed by atoms with Crippen LogP contribution in [0.3, 0.4) is 0 Å². The van der Waals surface area contributed by atoms with Crippen molar-refractivity contribution in [3.05, 3.63) is 71.7 Å². The molecular formula is C19H15FN4O3. The topological polar surface area (TPSA) is 99.5 Å². The highest BCUT2D eigenvalue weighted by atomic mass is 19.1. The van der Waals surface area contributed by atoms with Crippen molar-refractivity contribution in [1.82, 2.24) is 19.9 Å². The van der Waals surface area contributed by atoms with E-state index in [4.69, 9.17) is 5.11 Å². The first-order valence-corrected chi connectivity index (χ1v) is 8.26. The summed E-state index contributed by atoms with van der Waals surface area (Å²) in [7, 11) is 0. The van der Waals surface area contributed by atoms with Crippen LogP contribution in [0.5, 0.6) is 0 Å². The van der Waals surface area contributed by atoms with Crippen LogP contribution in [0, 0.1) is 5.82 Å². The number of hydrogen-bond acceptors (Lipinski definition) is 3. The Hall–Kier alpha value is -3.68. The summed E-state index contributed by atoms with van der Waals surface area (Å²) in [5.74, 6) is -2.26. The molecule has 0 aliphatic rings. The van der Waals surface area contributed by atoms with Gasteiger partial charge in [0.15, 0.2) is 5.65 Å². The Kier molecular flexibility index (Phi) is 4.08. The molecule has 0 saturated heterocycles. The Labute approximate surface area is 152 Å². The van der Waals surface area contributed by atoms with Crippen LogP contribution in [0.15, 0.2) is 54.6 Å². The molecule has 7 nitrogen and oxygen atoms in total. The number of nitrogens with one attached hydrogen (secondary N) is 2.